The third kappa shape index (κ3) is 1.02. The first-order chi connectivity index (χ1) is 4.95. The highest BCUT2D eigenvalue weighted by molar-refractivity contribution is 6.31. The number of hydrogen-bond donors (Lipinski definition) is 2. The first-order valence-corrected chi connectivity index (χ1v) is 2.38. The molecule has 0 bridgehead atoms. The van der Waals surface area contributed by atoms with Gasteiger partial charge in [0.15, 0.2) is 0 Å². The number of carbonyl (C=O) groups is 1. The van der Waals surface area contributed by atoms with Gasteiger partial charge < -0.3 is 15.3 Å². The maximum absolute atomic E-state index is 10.6. The number of nitrogens with one attached hydrogen (secondary N) is 1. The monoisotopic (exact) mass is 161 g/mol. The fourth-order valence-corrected chi connectivity index (χ4v) is 0.482. The molecule has 1 aliphatic rings. The van der Waals surface area contributed by atoms with E-state index in [1.165, 1.54) is 5.53 Å². The molecule has 0 spiro atoms. The van der Waals surface area contributed by atoms with Gasteiger partial charge in [-0.25, -0.2) is 4.79 Å². The number of nitro groups is 1. The van der Waals surface area contributed by atoms with Gasteiger partial charge in [-0.3, -0.25) is 0 Å². The Morgan fingerprint density at radius 1 is 1.73 bits per heavy atom. The Kier molecular flexibility index (Phi) is 1.33. The zero-order valence-corrected chi connectivity index (χ0v) is 5.05. The summed E-state index contributed by atoms with van der Waals surface area (Å²) in [5, 5.41) is 23.3. The number of amides is 1. The molecule has 3 N–H and O–H groups in total. The predicted molar refractivity (Wildman–Crippen MR) is 30.4 cm³/mol. The maximum atomic E-state index is 10.6. The van der Waals surface area contributed by atoms with E-state index in [1.54, 1.807) is 0 Å². The van der Waals surface area contributed by atoms with E-state index in [1.807, 2.05) is 0 Å². The van der Waals surface area contributed by atoms with Crippen molar-refractivity contribution >= 4 is 11.7 Å². The first kappa shape index (κ1) is 7.53. The lowest BCUT2D eigenvalue weighted by molar-refractivity contribution is -0.856. The highest BCUT2D eigenvalue weighted by Gasteiger charge is 2.47. The van der Waals surface area contributed by atoms with Crippen molar-refractivity contribution in [1.82, 2.24) is 5.53 Å². The Morgan fingerprint density at radius 2 is 2.27 bits per heavy atom. The molecule has 1 aliphatic heterocycles. The molecule has 1 unspecified atom stereocenters. The number of hydrogen-bond acceptors (Lipinski definition) is 7. The third-order valence-corrected chi connectivity index (χ3v) is 0.970. The minimum atomic E-state index is -2.06. The number of carbonyl (C=O) groups excluding carboxylic acids is 1. The topological polar surface area (TPSA) is 134 Å². The average molecular weight is 161 g/mol. The molecule has 0 aromatic heterocycles. The molecule has 1 heterocycles. The molecule has 0 saturated carbocycles. The normalized spacial score (nSPS) is 29.6. The summed E-state index contributed by atoms with van der Waals surface area (Å²) in [6.07, 6.45) is 0. The minimum absolute atomic E-state index is 1.08. The van der Waals surface area contributed by atoms with Gasteiger partial charge in [0.05, 0.1) is 0 Å². The number of amidine groups is 1. The smallest absolute Gasteiger partial charge is 0.502 e. The fourth-order valence-electron chi connectivity index (χ4n) is 0.482. The molecule has 1 amide bonds. The molecule has 60 valence electrons. The van der Waals surface area contributed by atoms with Gasteiger partial charge in [0.25, 0.3) is 0 Å². The van der Waals surface area contributed by atoms with Gasteiger partial charge in [0.1, 0.15) is 5.10 Å². The van der Waals surface area contributed by atoms with Crippen LogP contribution in [0.4, 0.5) is 0 Å². The van der Waals surface area contributed by atoms with E-state index in [2.05, 4.69) is 10.9 Å². The quantitative estimate of drug-likeness (QED) is 0.103. The van der Waals surface area contributed by atoms with Crippen molar-refractivity contribution in [3.05, 3.63) is 15.3 Å². The summed E-state index contributed by atoms with van der Waals surface area (Å²) in [6, 6.07) is 0. The van der Waals surface area contributed by atoms with Crippen LogP contribution < -0.4 is 11.4 Å². The van der Waals surface area contributed by atoms with Crippen LogP contribution in [0.15, 0.2) is 5.10 Å². The van der Waals surface area contributed by atoms with E-state index in [9.17, 15) is 20.1 Å². The molecule has 1 rings (SSSR count). The third-order valence-electron chi connectivity index (χ3n) is 0.970. The molecule has 9 heteroatoms. The molecule has 0 fully saturated rings. The zero-order valence-electron chi connectivity index (χ0n) is 5.05. The van der Waals surface area contributed by atoms with Crippen molar-refractivity contribution in [2.75, 3.05) is 0 Å². The Hall–Kier alpha value is -1.58. The van der Waals surface area contributed by atoms with Crippen LogP contribution in [0.5, 0.6) is 0 Å². The van der Waals surface area contributed by atoms with Gasteiger partial charge in [-0.1, -0.05) is 4.86 Å². The summed E-state index contributed by atoms with van der Waals surface area (Å²) in [6.45, 7) is 0. The Labute approximate surface area is 59.3 Å². The molecule has 0 saturated heterocycles. The van der Waals surface area contributed by atoms with Crippen LogP contribution in [0.3, 0.4) is 0 Å². The van der Waals surface area contributed by atoms with Gasteiger partial charge in [0.2, 0.25) is 0 Å². The van der Waals surface area contributed by atoms with Crippen molar-refractivity contribution in [3.8, 4) is 0 Å². The van der Waals surface area contributed by atoms with Crippen LogP contribution in [0.2, 0.25) is 0 Å². The van der Waals surface area contributed by atoms with Crippen LogP contribution in [-0.2, 0) is 4.79 Å². The van der Waals surface area contributed by atoms with E-state index in [-0.39, 0.29) is 0 Å². The van der Waals surface area contributed by atoms with E-state index >= 15 is 0 Å². The zero-order chi connectivity index (χ0) is 8.65. The Morgan fingerprint density at radius 3 is 2.45 bits per heavy atom. The van der Waals surface area contributed by atoms with Crippen molar-refractivity contribution < 1.29 is 14.6 Å². The summed E-state index contributed by atoms with van der Waals surface area (Å²) in [5.74, 6) is 2.15. The Balaban J connectivity index is 2.92. The van der Waals surface area contributed by atoms with E-state index in [0.29, 0.717) is 0 Å². The van der Waals surface area contributed by atoms with Gasteiger partial charge in [0, 0.05) is 0 Å². The van der Waals surface area contributed by atoms with Gasteiger partial charge in [-0.2, -0.15) is 0 Å². The summed E-state index contributed by atoms with van der Waals surface area (Å²) in [4.78, 5) is 17.3. The highest BCUT2D eigenvalue weighted by atomic mass is 16.7. The number of nitrogens with two attached hydrogens (primary N) is 1. The van der Waals surface area contributed by atoms with Crippen molar-refractivity contribution in [2.45, 2.75) is 0 Å². The summed E-state index contributed by atoms with van der Waals surface area (Å²) in [7, 11) is 0. The molecule has 11 heavy (non-hydrogen) atoms. The highest BCUT2D eigenvalue weighted by Crippen LogP contribution is 2.01. The second-order valence-corrected chi connectivity index (χ2v) is 1.76. The number of hydrazone groups is 1. The lowest BCUT2D eigenvalue weighted by Gasteiger charge is -2.20. The lowest BCUT2D eigenvalue weighted by atomic mass is 10.6. The second-order valence-electron chi connectivity index (χ2n) is 1.76. The lowest BCUT2D eigenvalue weighted by Crippen LogP contribution is -2.59. The number of rotatable bonds is 0. The van der Waals surface area contributed by atoms with E-state index < -0.39 is 21.5 Å². The van der Waals surface area contributed by atoms with Crippen molar-refractivity contribution in [2.24, 2.45) is 10.9 Å². The average Bonchev–Trinajstić information content (AvgIpc) is 2.09. The van der Waals surface area contributed by atoms with E-state index in [4.69, 9.17) is 0 Å². The standard InChI is InChI=1S/C2H3N5O4/c3-7(11)2(8)1(4-5-7)6(9)10/h5H,3H2. The van der Waals surface area contributed by atoms with Crippen LogP contribution in [0.1, 0.15) is 0 Å². The molecule has 9 nitrogen and oxygen atoms in total. The molecular weight excluding hydrogens is 158 g/mol. The molecular formula is C2H3N5O4. The minimum Gasteiger partial charge on any atom is -0.576 e. The Bertz CT molecular complexity index is 255. The second kappa shape index (κ2) is 1.95. The van der Waals surface area contributed by atoms with Crippen molar-refractivity contribution in [3.63, 3.8) is 0 Å². The summed E-state index contributed by atoms with van der Waals surface area (Å²) >= 11 is 0. The van der Waals surface area contributed by atoms with Gasteiger partial charge >= 0.3 is 11.7 Å². The van der Waals surface area contributed by atoms with Crippen LogP contribution in [0, 0.1) is 15.3 Å². The summed E-state index contributed by atoms with van der Waals surface area (Å²) < 4.78 is 0. The van der Waals surface area contributed by atoms with Crippen molar-refractivity contribution in [1.29, 1.82) is 0 Å². The van der Waals surface area contributed by atoms with E-state index in [0.717, 1.165) is 0 Å². The van der Waals surface area contributed by atoms with Crippen LogP contribution in [0.25, 0.3) is 0 Å². The number of hydroxylamine groups is 1. The molecule has 0 aliphatic carbocycles. The van der Waals surface area contributed by atoms with Crippen LogP contribution >= 0.6 is 0 Å². The number of nitrogens with zero attached hydrogens (tertiary/aromatic N) is 3. The molecule has 0 aromatic carbocycles. The first-order valence-electron chi connectivity index (χ1n) is 2.38. The van der Waals surface area contributed by atoms with Gasteiger partial charge in [-0.15, -0.1) is 5.84 Å². The molecule has 0 aromatic rings. The summed E-state index contributed by atoms with van der Waals surface area (Å²) in [5.41, 5.74) is 1.53. The fraction of sp³-hybridized carbons (Fsp3) is 0. The van der Waals surface area contributed by atoms with Crippen LogP contribution in [-0.4, -0.2) is 21.5 Å². The molecule has 0 radical (unpaired) electrons. The largest absolute Gasteiger partial charge is 0.576 e. The molecule has 1 atom stereocenters. The predicted octanol–water partition coefficient (Wildman–Crippen LogP) is -2.19. The van der Waals surface area contributed by atoms with Gasteiger partial charge in [-0.05, 0) is 10.5 Å². The number of quaternary nitrogens is 1. The SMILES string of the molecule is N[N+]1([O-])NN=C([N+](=O)[O-])C1=O. The maximum Gasteiger partial charge on any atom is 0.502 e.